The van der Waals surface area contributed by atoms with Crippen molar-refractivity contribution >= 4 is 22.8 Å². The van der Waals surface area contributed by atoms with Crippen LogP contribution in [0.3, 0.4) is 0 Å². The average molecular weight is 334 g/mol. The van der Waals surface area contributed by atoms with Crippen LogP contribution < -0.4 is 5.32 Å². The number of nitrogens with one attached hydrogen (secondary N) is 1. The highest BCUT2D eigenvalue weighted by molar-refractivity contribution is 5.99. The Morgan fingerprint density at radius 2 is 1.76 bits per heavy atom. The van der Waals surface area contributed by atoms with Gasteiger partial charge in [0.2, 0.25) is 0 Å². The van der Waals surface area contributed by atoms with E-state index in [0.29, 0.717) is 18.4 Å². The molecule has 1 aromatic heterocycles. The predicted molar refractivity (Wildman–Crippen MR) is 95.4 cm³/mol. The molecular formula is C20H18N2O3. The smallest absolute Gasteiger partial charge is 0.326 e. The van der Waals surface area contributed by atoms with Crippen molar-refractivity contribution in [3.63, 3.8) is 0 Å². The summed E-state index contributed by atoms with van der Waals surface area (Å²) < 4.78 is 0. The summed E-state index contributed by atoms with van der Waals surface area (Å²) >= 11 is 0. The SMILES string of the molecule is O=C(N[C@@H](CCc1ccccc1)C(=O)O)c1cnc2ccccc2c1. The number of aryl methyl sites for hydroxylation is 1. The molecule has 1 amide bonds. The number of rotatable bonds is 6. The van der Waals surface area contributed by atoms with Crippen LogP contribution in [0, 0.1) is 0 Å². The zero-order chi connectivity index (χ0) is 17.6. The Hall–Kier alpha value is -3.21. The first-order valence-electron chi connectivity index (χ1n) is 8.06. The van der Waals surface area contributed by atoms with Crippen LogP contribution in [0.2, 0.25) is 0 Å². The molecule has 0 saturated carbocycles. The number of hydrogen-bond acceptors (Lipinski definition) is 3. The van der Waals surface area contributed by atoms with E-state index in [1.807, 2.05) is 54.6 Å². The van der Waals surface area contributed by atoms with Crippen LogP contribution in [0.1, 0.15) is 22.3 Å². The summed E-state index contributed by atoms with van der Waals surface area (Å²) in [5.74, 6) is -1.48. The first-order chi connectivity index (χ1) is 12.1. The van der Waals surface area contributed by atoms with Gasteiger partial charge in [-0.05, 0) is 30.5 Å². The van der Waals surface area contributed by atoms with Crippen molar-refractivity contribution in [2.24, 2.45) is 0 Å². The maximum Gasteiger partial charge on any atom is 0.326 e. The van der Waals surface area contributed by atoms with Crippen LogP contribution in [-0.2, 0) is 11.2 Å². The molecule has 0 bridgehead atoms. The second-order valence-electron chi connectivity index (χ2n) is 5.81. The van der Waals surface area contributed by atoms with E-state index < -0.39 is 17.9 Å². The molecule has 0 fully saturated rings. The molecule has 5 heteroatoms. The topological polar surface area (TPSA) is 79.3 Å². The quantitative estimate of drug-likeness (QED) is 0.726. The molecule has 2 N–H and O–H groups in total. The Morgan fingerprint density at radius 3 is 2.52 bits per heavy atom. The van der Waals surface area contributed by atoms with Crippen LogP contribution in [0.5, 0.6) is 0 Å². The number of aliphatic carboxylic acids is 1. The number of pyridine rings is 1. The molecule has 0 aliphatic heterocycles. The van der Waals surface area contributed by atoms with Gasteiger partial charge in [0, 0.05) is 11.6 Å². The van der Waals surface area contributed by atoms with E-state index in [4.69, 9.17) is 0 Å². The average Bonchev–Trinajstić information content (AvgIpc) is 2.65. The number of carbonyl (C=O) groups excluding carboxylic acids is 1. The number of nitrogens with zero attached hydrogens (tertiary/aromatic N) is 1. The lowest BCUT2D eigenvalue weighted by molar-refractivity contribution is -0.139. The maximum atomic E-state index is 12.4. The van der Waals surface area contributed by atoms with E-state index in [-0.39, 0.29) is 0 Å². The number of amides is 1. The summed E-state index contributed by atoms with van der Waals surface area (Å²) in [7, 11) is 0. The highest BCUT2D eigenvalue weighted by Crippen LogP contribution is 2.13. The number of carbonyl (C=O) groups is 2. The molecule has 25 heavy (non-hydrogen) atoms. The molecule has 0 saturated heterocycles. The second kappa shape index (κ2) is 7.57. The highest BCUT2D eigenvalue weighted by atomic mass is 16.4. The van der Waals surface area contributed by atoms with Gasteiger partial charge in [0.1, 0.15) is 6.04 Å². The Morgan fingerprint density at radius 1 is 1.04 bits per heavy atom. The number of aromatic nitrogens is 1. The molecular weight excluding hydrogens is 316 g/mol. The summed E-state index contributed by atoms with van der Waals surface area (Å²) in [6.07, 6.45) is 2.37. The minimum atomic E-state index is -1.04. The van der Waals surface area contributed by atoms with Crippen molar-refractivity contribution in [3.8, 4) is 0 Å². The van der Waals surface area contributed by atoms with Gasteiger partial charge in [0.15, 0.2) is 0 Å². The highest BCUT2D eigenvalue weighted by Gasteiger charge is 2.20. The summed E-state index contributed by atoms with van der Waals surface area (Å²) in [6, 6.07) is 17.8. The zero-order valence-corrected chi connectivity index (χ0v) is 13.6. The number of carboxylic acids is 1. The van der Waals surface area contributed by atoms with Gasteiger partial charge in [-0.15, -0.1) is 0 Å². The van der Waals surface area contributed by atoms with Crippen LogP contribution >= 0.6 is 0 Å². The van der Waals surface area contributed by atoms with Gasteiger partial charge < -0.3 is 10.4 Å². The first-order valence-corrected chi connectivity index (χ1v) is 8.06. The Labute approximate surface area is 145 Å². The van der Waals surface area contributed by atoms with Gasteiger partial charge in [-0.1, -0.05) is 48.5 Å². The van der Waals surface area contributed by atoms with Gasteiger partial charge in [0.25, 0.3) is 5.91 Å². The summed E-state index contributed by atoms with van der Waals surface area (Å²) in [4.78, 5) is 28.1. The molecule has 126 valence electrons. The first kappa shape index (κ1) is 16.6. The van der Waals surface area contributed by atoms with Gasteiger partial charge in [-0.2, -0.15) is 0 Å². The Kier molecular flexibility index (Phi) is 5.04. The van der Waals surface area contributed by atoms with Gasteiger partial charge in [-0.25, -0.2) is 4.79 Å². The van der Waals surface area contributed by atoms with Crippen molar-refractivity contribution in [2.45, 2.75) is 18.9 Å². The predicted octanol–water partition coefficient (Wildman–Crippen LogP) is 3.05. The molecule has 0 aliphatic carbocycles. The zero-order valence-electron chi connectivity index (χ0n) is 13.6. The molecule has 5 nitrogen and oxygen atoms in total. The van der Waals surface area contributed by atoms with E-state index in [9.17, 15) is 14.7 Å². The molecule has 0 radical (unpaired) electrons. The molecule has 0 unspecified atom stereocenters. The normalized spacial score (nSPS) is 11.8. The van der Waals surface area contributed by atoms with Crippen molar-refractivity contribution in [1.29, 1.82) is 0 Å². The molecule has 3 aromatic rings. The number of carboxylic acid groups (broad SMARTS) is 1. The summed E-state index contributed by atoms with van der Waals surface area (Å²) in [5, 5.41) is 12.8. The molecule has 0 aliphatic rings. The van der Waals surface area contributed by atoms with Crippen molar-refractivity contribution in [3.05, 3.63) is 78.0 Å². The van der Waals surface area contributed by atoms with Crippen molar-refractivity contribution < 1.29 is 14.7 Å². The van der Waals surface area contributed by atoms with E-state index in [0.717, 1.165) is 16.5 Å². The van der Waals surface area contributed by atoms with Crippen molar-refractivity contribution in [2.75, 3.05) is 0 Å². The molecule has 0 spiro atoms. The summed E-state index contributed by atoms with van der Waals surface area (Å²) in [6.45, 7) is 0. The third-order valence-electron chi connectivity index (χ3n) is 4.02. The van der Waals surface area contributed by atoms with Crippen LogP contribution in [0.4, 0.5) is 0 Å². The van der Waals surface area contributed by atoms with Crippen LogP contribution in [-0.4, -0.2) is 28.0 Å². The van der Waals surface area contributed by atoms with E-state index in [2.05, 4.69) is 10.3 Å². The van der Waals surface area contributed by atoms with E-state index in [1.54, 1.807) is 6.07 Å². The molecule has 2 aromatic carbocycles. The van der Waals surface area contributed by atoms with Gasteiger partial charge in [-0.3, -0.25) is 9.78 Å². The number of benzene rings is 2. The van der Waals surface area contributed by atoms with Crippen LogP contribution in [0.15, 0.2) is 66.9 Å². The summed E-state index contributed by atoms with van der Waals surface area (Å²) in [5.41, 5.74) is 2.18. The Bertz CT molecular complexity index is 894. The van der Waals surface area contributed by atoms with E-state index >= 15 is 0 Å². The lowest BCUT2D eigenvalue weighted by atomic mass is 10.0. The number of hydrogen-bond donors (Lipinski definition) is 2. The fourth-order valence-corrected chi connectivity index (χ4v) is 2.65. The molecule has 1 heterocycles. The van der Waals surface area contributed by atoms with Gasteiger partial charge in [0.05, 0.1) is 11.1 Å². The maximum absolute atomic E-state index is 12.4. The lowest BCUT2D eigenvalue weighted by Crippen LogP contribution is -2.41. The number of fused-ring (bicyclic) bond motifs is 1. The fourth-order valence-electron chi connectivity index (χ4n) is 2.65. The molecule has 1 atom stereocenters. The fraction of sp³-hybridized carbons (Fsp3) is 0.150. The third-order valence-corrected chi connectivity index (χ3v) is 4.02. The lowest BCUT2D eigenvalue weighted by Gasteiger charge is -2.14. The van der Waals surface area contributed by atoms with E-state index in [1.165, 1.54) is 6.20 Å². The minimum Gasteiger partial charge on any atom is -0.480 e. The van der Waals surface area contributed by atoms with Crippen molar-refractivity contribution in [1.82, 2.24) is 10.3 Å². The monoisotopic (exact) mass is 334 g/mol. The third kappa shape index (κ3) is 4.20. The standard InChI is InChI=1S/C20H18N2O3/c23-19(16-12-15-8-4-5-9-17(15)21-13-16)22-18(20(24)25)11-10-14-6-2-1-3-7-14/h1-9,12-13,18H,10-11H2,(H,22,23)(H,24,25)/t18-/m0/s1. The largest absolute Gasteiger partial charge is 0.480 e. The second-order valence-corrected chi connectivity index (χ2v) is 5.81. The molecule has 3 rings (SSSR count). The Balaban J connectivity index is 1.70. The number of para-hydroxylation sites is 1. The minimum absolute atomic E-state index is 0.325. The van der Waals surface area contributed by atoms with Gasteiger partial charge >= 0.3 is 5.97 Å². The van der Waals surface area contributed by atoms with Crippen LogP contribution in [0.25, 0.3) is 10.9 Å².